The number of nitrogens with zero attached hydrogens (tertiary/aromatic N) is 3. The fraction of sp³-hybridized carbons (Fsp3) is 0.716. The van der Waals surface area contributed by atoms with Crippen molar-refractivity contribution in [3.63, 3.8) is 0 Å². The van der Waals surface area contributed by atoms with Gasteiger partial charge >= 0.3 is 24.1 Å². The van der Waals surface area contributed by atoms with Crippen molar-refractivity contribution in [2.45, 2.75) is 291 Å². The topological polar surface area (TPSA) is 486 Å². The summed E-state index contributed by atoms with van der Waals surface area (Å²) in [5, 5.41) is 21.9. The maximum absolute atomic E-state index is 12.6. The molecule has 0 atom stereocenters. The lowest BCUT2D eigenvalue weighted by Crippen LogP contribution is -2.50. The van der Waals surface area contributed by atoms with Gasteiger partial charge in [-0.3, -0.25) is 13.7 Å². The number of hydrogen-bond acceptors (Lipinski definition) is 11. The third kappa shape index (κ3) is 81.7. The molecule has 30 nitrogen and oxygen atoms in total. The van der Waals surface area contributed by atoms with Gasteiger partial charge in [0.1, 0.15) is 5.78 Å². The lowest BCUT2D eigenvalue weighted by molar-refractivity contribution is -0.929. The molecule has 0 saturated carbocycles. The van der Waals surface area contributed by atoms with E-state index in [4.69, 9.17) is 57.7 Å². The van der Waals surface area contributed by atoms with Crippen molar-refractivity contribution in [1.82, 2.24) is 10.6 Å². The SMILES string of the molecule is CC(C)=O.CCCCNC(=O)Nc1ccccc1NC(=O)Nc1ccc(NC(=O)Nc2ccccc2NC(=O)NCCCC)cc1.CCCC[N+](CCCC)(CCCC)CCCC.CCCC[N+](CCCC)(CCCC)CCCC.CCCC[N+](CCCC)(CCCC)CCCC.O.O.O=P([O-])(O)O.O=P([O-])(O)O.O=P([O-])(O)O. The standard InChI is InChI=1S/C30H38N8O4.3C16H36N.C3H6O.3H3O4P.2H2O/c1-3-5-19-31-27(39)35-23-11-7-9-13-25(23)37-29(41)33-21-15-17-22(18-16-21)34-30(42)38-26-14-10-8-12-24(26)36-28(40)32-20-6-4-2;3*1-5-9-13-17(14-10-6-2,15-11-7-3)16-12-8-4;1-3(2)4;3*1-5(2,3)4;;/h7-18H,3-6,19-20H2,1-2H3,(H2,31,35,39)(H2,32,36,40)(H2,33,37,41)(H2,34,38,42);3*5-16H2,1-4H3;1-2H3;3*(H3,1,2,3,4);2*1H2/q;3*+1;;;;;;/p-3. The number of quaternary nitrogens is 3. The first-order valence-electron chi connectivity index (χ1n) is 41.7. The van der Waals surface area contributed by atoms with Gasteiger partial charge in [0.15, 0.2) is 0 Å². The van der Waals surface area contributed by atoms with Gasteiger partial charge in [0.05, 0.1) is 101 Å². The number of urea groups is 4. The Morgan fingerprint density at radius 2 is 0.421 bits per heavy atom. The number of nitrogens with one attached hydrogen (secondary N) is 8. The monoisotopic (exact) mass is 1690 g/mol. The van der Waals surface area contributed by atoms with Crippen LogP contribution in [0.25, 0.3) is 0 Å². The predicted molar refractivity (Wildman–Crippen MR) is 466 cm³/mol. The van der Waals surface area contributed by atoms with Crippen molar-refractivity contribution in [2.75, 3.05) is 124 Å². The van der Waals surface area contributed by atoms with Crippen LogP contribution >= 0.6 is 23.5 Å². The molecule has 0 saturated heterocycles. The van der Waals surface area contributed by atoms with E-state index in [2.05, 4.69) is 126 Å². The summed E-state index contributed by atoms with van der Waals surface area (Å²) in [6.45, 7) is 53.3. The summed E-state index contributed by atoms with van der Waals surface area (Å²) in [5.74, 6) is 0.167. The van der Waals surface area contributed by atoms with Gasteiger partial charge in [-0.2, -0.15) is 0 Å². The molecule has 0 aliphatic carbocycles. The minimum Gasteiger partial charge on any atom is -0.756 e. The molecular formula is C81H162N11O19P3. The highest BCUT2D eigenvalue weighted by Crippen LogP contribution is 2.26. The van der Waals surface area contributed by atoms with E-state index in [-0.39, 0.29) is 28.8 Å². The van der Waals surface area contributed by atoms with Crippen LogP contribution in [0.2, 0.25) is 0 Å². The highest BCUT2D eigenvalue weighted by Gasteiger charge is 2.27. The number of hydrogen-bond donors (Lipinski definition) is 14. The molecule has 0 unspecified atom stereocenters. The van der Waals surface area contributed by atoms with Gasteiger partial charge in [-0.25, -0.2) is 19.2 Å². The maximum atomic E-state index is 12.6. The van der Waals surface area contributed by atoms with Gasteiger partial charge in [0.25, 0.3) is 23.5 Å². The minimum atomic E-state index is -4.89. The molecule has 3 aromatic rings. The second kappa shape index (κ2) is 77.5. The third-order valence-corrected chi connectivity index (χ3v) is 17.7. The molecule has 114 heavy (non-hydrogen) atoms. The van der Waals surface area contributed by atoms with E-state index in [0.29, 0.717) is 47.2 Å². The van der Waals surface area contributed by atoms with E-state index in [9.17, 15) is 24.0 Å². The molecule has 0 heterocycles. The van der Waals surface area contributed by atoms with E-state index in [1.807, 2.05) is 13.8 Å². The van der Waals surface area contributed by atoms with Crippen molar-refractivity contribution < 1.29 is 106 Å². The average molecular weight is 1690 g/mol. The molecule has 0 aromatic heterocycles. The van der Waals surface area contributed by atoms with E-state index in [1.54, 1.807) is 72.8 Å². The lowest BCUT2D eigenvalue weighted by Gasteiger charge is -2.39. The zero-order valence-corrected chi connectivity index (χ0v) is 75.7. The second-order valence-corrected chi connectivity index (χ2v) is 31.6. The Hall–Kier alpha value is -5.46. The normalized spacial score (nSPS) is 10.9. The van der Waals surface area contributed by atoms with Crippen LogP contribution < -0.4 is 57.2 Å². The third-order valence-electron chi connectivity index (χ3n) is 17.7. The average Bonchev–Trinajstić information content (AvgIpc) is 0.886. The van der Waals surface area contributed by atoms with Crippen molar-refractivity contribution in [3.05, 3.63) is 72.8 Å². The Morgan fingerprint density at radius 3 is 0.561 bits per heavy atom. The molecule has 0 radical (unpaired) electrons. The Labute approximate surface area is 687 Å². The summed E-state index contributed by atoms with van der Waals surface area (Å²) in [6.07, 6.45) is 36.9. The smallest absolute Gasteiger partial charge is 0.323 e. The highest BCUT2D eigenvalue weighted by molar-refractivity contribution is 7.44. The molecule has 33 heteroatoms. The number of anilines is 6. The molecule has 670 valence electrons. The van der Waals surface area contributed by atoms with Gasteiger partial charge < -0.3 is 116 Å². The molecule has 8 amide bonds. The number of benzene rings is 3. The fourth-order valence-electron chi connectivity index (χ4n) is 11.6. The number of Topliss-reactive ketones (excluding diaryl/α,β-unsaturated/α-hetero) is 1. The zero-order valence-electron chi connectivity index (χ0n) is 73.0. The summed E-state index contributed by atoms with van der Waals surface area (Å²) in [6, 6.07) is 18.6. The zero-order chi connectivity index (χ0) is 86.2. The molecule has 0 spiro atoms. The first kappa shape index (κ1) is 122. The van der Waals surface area contributed by atoms with Crippen LogP contribution in [0.5, 0.6) is 0 Å². The molecule has 18 N–H and O–H groups in total. The second-order valence-electron chi connectivity index (χ2n) is 28.6. The summed E-state index contributed by atoms with van der Waals surface area (Å²) in [4.78, 5) is 128. The van der Waals surface area contributed by atoms with E-state index in [1.165, 1.54) is 260 Å². The lowest BCUT2D eigenvalue weighted by atomic mass is 10.1. The van der Waals surface area contributed by atoms with Gasteiger partial charge in [-0.15, -0.1) is 0 Å². The Balaban J connectivity index is -0.000000266. The maximum Gasteiger partial charge on any atom is 0.323 e. The van der Waals surface area contributed by atoms with Crippen LogP contribution in [0.3, 0.4) is 0 Å². The van der Waals surface area contributed by atoms with Crippen molar-refractivity contribution in [3.8, 4) is 0 Å². The minimum absolute atomic E-state index is 0. The molecule has 0 bridgehead atoms. The quantitative estimate of drug-likeness (QED) is 0.0142. The number of carbonyl (C=O) groups excluding carboxylic acids is 5. The number of ketones is 1. The first-order chi connectivity index (χ1) is 52.8. The van der Waals surface area contributed by atoms with Crippen LogP contribution in [0.4, 0.5) is 53.3 Å². The number of carbonyl (C=O) groups is 5. The first-order valence-corrected chi connectivity index (χ1v) is 46.3. The Bertz CT molecular complexity index is 2570. The Morgan fingerprint density at radius 1 is 0.281 bits per heavy atom. The van der Waals surface area contributed by atoms with Crippen LogP contribution in [0, 0.1) is 0 Å². The fourth-order valence-corrected chi connectivity index (χ4v) is 11.6. The summed E-state index contributed by atoms with van der Waals surface area (Å²) in [7, 11) is -14.7. The van der Waals surface area contributed by atoms with Crippen molar-refractivity contribution in [2.24, 2.45) is 0 Å². The van der Waals surface area contributed by atoms with Gasteiger partial charge in [0, 0.05) is 24.5 Å². The summed E-state index contributed by atoms with van der Waals surface area (Å²) < 4.78 is 30.6. The van der Waals surface area contributed by atoms with Crippen LogP contribution in [0.1, 0.15) is 291 Å². The number of phosphoric acid groups is 3. The Kier molecular flexibility index (Phi) is 82.7. The molecular weight excluding hydrogens is 1520 g/mol. The number of rotatable bonds is 48. The number of unbranched alkanes of at least 4 members (excludes halogenated alkanes) is 14. The largest absolute Gasteiger partial charge is 0.756 e. The van der Waals surface area contributed by atoms with Gasteiger partial charge in [-0.05, 0) is 152 Å². The molecule has 3 rings (SSSR count). The number of amides is 8. The number of para-hydroxylation sites is 4. The van der Waals surface area contributed by atoms with Gasteiger partial charge in [-0.1, -0.05) is 211 Å². The van der Waals surface area contributed by atoms with Crippen LogP contribution in [-0.4, -0.2) is 175 Å². The van der Waals surface area contributed by atoms with Crippen LogP contribution in [0.15, 0.2) is 72.8 Å². The molecule has 0 fully saturated rings. The summed E-state index contributed by atoms with van der Waals surface area (Å²) >= 11 is 0. The van der Waals surface area contributed by atoms with E-state index in [0.717, 1.165) is 25.7 Å². The van der Waals surface area contributed by atoms with Crippen molar-refractivity contribution in [1.29, 1.82) is 0 Å². The molecule has 3 aromatic carbocycles. The molecule has 0 aliphatic rings. The summed E-state index contributed by atoms with van der Waals surface area (Å²) in [5.41, 5.74) is 2.77. The van der Waals surface area contributed by atoms with E-state index >= 15 is 0 Å². The van der Waals surface area contributed by atoms with E-state index < -0.39 is 35.5 Å². The highest BCUT2D eigenvalue weighted by atomic mass is 31.2. The molecule has 0 aliphatic heterocycles. The van der Waals surface area contributed by atoms with Gasteiger partial charge in [0.2, 0.25) is 0 Å². The van der Waals surface area contributed by atoms with Crippen LogP contribution in [-0.2, 0) is 18.5 Å². The predicted octanol–water partition coefficient (Wildman–Crippen LogP) is 16.1. The van der Waals surface area contributed by atoms with Crippen molar-refractivity contribution >= 4 is 87.5 Å².